The highest BCUT2D eigenvalue weighted by Gasteiger charge is 2.14. The lowest BCUT2D eigenvalue weighted by molar-refractivity contribution is -0.114. The zero-order valence-corrected chi connectivity index (χ0v) is 24.2. The highest BCUT2D eigenvalue weighted by atomic mass is 35.5. The van der Waals surface area contributed by atoms with E-state index < -0.39 is 0 Å². The van der Waals surface area contributed by atoms with Crippen LogP contribution in [0.25, 0.3) is 22.6 Å². The number of guanidine groups is 1. The number of benzene rings is 2. The minimum absolute atomic E-state index is 0.150. The second-order valence-corrected chi connectivity index (χ2v) is 10.1. The Labute approximate surface area is 247 Å². The van der Waals surface area contributed by atoms with Gasteiger partial charge in [-0.1, -0.05) is 12.1 Å². The Bertz CT molecular complexity index is 1520. The van der Waals surface area contributed by atoms with Crippen molar-refractivity contribution in [2.24, 2.45) is 23.5 Å². The highest BCUT2D eigenvalue weighted by molar-refractivity contribution is 6.18. The van der Waals surface area contributed by atoms with Crippen LogP contribution in [0.3, 0.4) is 0 Å². The Morgan fingerprint density at radius 1 is 1.07 bits per heavy atom. The Balaban J connectivity index is 1.36. The van der Waals surface area contributed by atoms with E-state index in [1.54, 1.807) is 30.5 Å². The third-order valence-electron chi connectivity index (χ3n) is 6.39. The number of H-pyrrole nitrogens is 1. The van der Waals surface area contributed by atoms with Gasteiger partial charge < -0.3 is 36.6 Å². The normalized spacial score (nSPS) is 10.9. The number of aromatic amines is 1. The van der Waals surface area contributed by atoms with Crippen LogP contribution in [0.4, 0.5) is 11.4 Å². The maximum atomic E-state index is 12.9. The third kappa shape index (κ3) is 7.92. The first-order valence-corrected chi connectivity index (χ1v) is 14.1. The largest absolute Gasteiger partial charge is 0.370 e. The number of alkyl halides is 2. The molecule has 0 aliphatic carbocycles. The molecular formula is C28H33Cl2N9O2. The first kappa shape index (κ1) is 29.8. The monoisotopic (exact) mass is 597 g/mol. The molecular weight excluding hydrogens is 565 g/mol. The Kier molecular flexibility index (Phi) is 10.1. The zero-order valence-electron chi connectivity index (χ0n) is 22.7. The number of aromatic nitrogens is 3. The van der Waals surface area contributed by atoms with Crippen molar-refractivity contribution in [3.8, 4) is 11.5 Å². The van der Waals surface area contributed by atoms with Crippen LogP contribution >= 0.6 is 23.2 Å². The Hall–Kier alpha value is -4.22. The predicted molar refractivity (Wildman–Crippen MR) is 166 cm³/mol. The van der Waals surface area contributed by atoms with Crippen LogP contribution in [0.5, 0.6) is 0 Å². The van der Waals surface area contributed by atoms with E-state index in [2.05, 4.69) is 54.8 Å². The van der Waals surface area contributed by atoms with Crippen molar-refractivity contribution in [2.45, 2.75) is 6.42 Å². The van der Waals surface area contributed by atoms with Gasteiger partial charge in [0.25, 0.3) is 5.91 Å². The molecule has 11 nitrogen and oxygen atoms in total. The lowest BCUT2D eigenvalue weighted by Gasteiger charge is -2.23. The molecule has 216 valence electrons. The molecule has 0 fully saturated rings. The van der Waals surface area contributed by atoms with Crippen molar-refractivity contribution >= 4 is 63.4 Å². The van der Waals surface area contributed by atoms with Crippen LogP contribution in [-0.2, 0) is 18.3 Å². The minimum atomic E-state index is -0.344. The number of rotatable bonds is 13. The smallest absolute Gasteiger partial charge is 0.251 e. The van der Waals surface area contributed by atoms with Crippen molar-refractivity contribution in [2.75, 3.05) is 48.2 Å². The molecule has 0 aliphatic rings. The SMILES string of the molecule is Cn1cc(NC(=O)CN=C(N)N)cc1-c1nc2ccc(C(=O)NCCc3ccc(N(CCCl)CCCl)cc3)cc2[nH]1. The van der Waals surface area contributed by atoms with E-state index in [0.29, 0.717) is 47.3 Å². The lowest BCUT2D eigenvalue weighted by Crippen LogP contribution is -2.27. The Morgan fingerprint density at radius 3 is 2.49 bits per heavy atom. The molecule has 0 radical (unpaired) electrons. The summed E-state index contributed by atoms with van der Waals surface area (Å²) in [5.74, 6) is 1.01. The van der Waals surface area contributed by atoms with Crippen LogP contribution in [0.15, 0.2) is 59.7 Å². The van der Waals surface area contributed by atoms with E-state index in [9.17, 15) is 9.59 Å². The summed E-state index contributed by atoms with van der Waals surface area (Å²) in [6, 6.07) is 15.3. The molecule has 0 saturated heterocycles. The number of anilines is 2. The summed E-state index contributed by atoms with van der Waals surface area (Å²) >= 11 is 11.8. The quantitative estimate of drug-likeness (QED) is 0.0904. The first-order valence-electron chi connectivity index (χ1n) is 13.0. The van der Waals surface area contributed by atoms with Gasteiger partial charge in [-0.25, -0.2) is 9.98 Å². The number of nitrogens with one attached hydrogen (secondary N) is 3. The van der Waals surface area contributed by atoms with Gasteiger partial charge in [0.05, 0.1) is 22.4 Å². The van der Waals surface area contributed by atoms with Gasteiger partial charge in [0.2, 0.25) is 5.91 Å². The summed E-state index contributed by atoms with van der Waals surface area (Å²) in [5, 5.41) is 5.74. The number of amides is 2. The number of hydrogen-bond acceptors (Lipinski definition) is 5. The lowest BCUT2D eigenvalue weighted by atomic mass is 10.1. The fourth-order valence-corrected chi connectivity index (χ4v) is 4.78. The number of nitrogens with zero attached hydrogens (tertiary/aromatic N) is 4. The molecule has 41 heavy (non-hydrogen) atoms. The van der Waals surface area contributed by atoms with E-state index in [0.717, 1.165) is 35.6 Å². The van der Waals surface area contributed by atoms with Crippen LogP contribution in [0, 0.1) is 0 Å². The summed E-state index contributed by atoms with van der Waals surface area (Å²) < 4.78 is 1.83. The number of hydrogen-bond donors (Lipinski definition) is 5. The number of aliphatic imine (C=N–C) groups is 1. The number of fused-ring (bicyclic) bond motifs is 1. The van der Waals surface area contributed by atoms with Crippen molar-refractivity contribution in [1.29, 1.82) is 0 Å². The fourth-order valence-electron chi connectivity index (χ4n) is 4.37. The van der Waals surface area contributed by atoms with Gasteiger partial charge >= 0.3 is 0 Å². The van der Waals surface area contributed by atoms with E-state index in [1.807, 2.05) is 11.6 Å². The Morgan fingerprint density at radius 2 is 1.80 bits per heavy atom. The molecule has 0 unspecified atom stereocenters. The van der Waals surface area contributed by atoms with Crippen molar-refractivity contribution in [1.82, 2.24) is 19.9 Å². The third-order valence-corrected chi connectivity index (χ3v) is 6.73. The summed E-state index contributed by atoms with van der Waals surface area (Å²) in [4.78, 5) is 38.7. The van der Waals surface area contributed by atoms with Gasteiger partial charge in [-0.2, -0.15) is 0 Å². The van der Waals surface area contributed by atoms with E-state index in [1.165, 1.54) is 0 Å². The summed E-state index contributed by atoms with van der Waals surface area (Å²) in [5.41, 5.74) is 16.1. The molecule has 4 aromatic rings. The number of imidazole rings is 1. The summed E-state index contributed by atoms with van der Waals surface area (Å²) in [6.07, 6.45) is 2.46. The molecule has 0 saturated carbocycles. The fraction of sp³-hybridized carbons (Fsp3) is 0.286. The van der Waals surface area contributed by atoms with Crippen molar-refractivity contribution < 1.29 is 9.59 Å². The van der Waals surface area contributed by atoms with Crippen LogP contribution in [-0.4, -0.2) is 70.2 Å². The molecule has 0 bridgehead atoms. The zero-order chi connectivity index (χ0) is 29.4. The van der Waals surface area contributed by atoms with Crippen molar-refractivity contribution in [3.05, 3.63) is 65.9 Å². The number of nitrogens with two attached hydrogens (primary N) is 2. The maximum absolute atomic E-state index is 12.9. The molecule has 2 aromatic heterocycles. The number of carbonyl (C=O) groups excluding carboxylic acids is 2. The number of aryl methyl sites for hydroxylation is 1. The van der Waals surface area contributed by atoms with Gasteiger partial charge in [-0.3, -0.25) is 9.59 Å². The molecule has 2 amide bonds. The number of carbonyl (C=O) groups is 2. The molecule has 0 spiro atoms. The highest BCUT2D eigenvalue weighted by Crippen LogP contribution is 2.25. The molecule has 2 heterocycles. The summed E-state index contributed by atoms with van der Waals surface area (Å²) in [6.45, 7) is 1.80. The van der Waals surface area contributed by atoms with E-state index >= 15 is 0 Å². The molecule has 13 heteroatoms. The average molecular weight is 599 g/mol. The van der Waals surface area contributed by atoms with Gasteiger partial charge in [0, 0.05) is 55.9 Å². The van der Waals surface area contributed by atoms with Crippen molar-refractivity contribution in [3.63, 3.8) is 0 Å². The molecule has 2 aromatic carbocycles. The van der Waals surface area contributed by atoms with Gasteiger partial charge in [-0.05, 0) is 48.4 Å². The number of halogens is 2. The second kappa shape index (κ2) is 13.9. The van der Waals surface area contributed by atoms with E-state index in [4.69, 9.17) is 34.7 Å². The second-order valence-electron chi connectivity index (χ2n) is 9.37. The van der Waals surface area contributed by atoms with Gasteiger partial charge in [0.1, 0.15) is 6.54 Å². The molecule has 4 rings (SSSR count). The standard InChI is InChI=1S/C28H33Cl2N9O2/c1-38-17-20(35-25(40)16-34-28(31)32)15-24(38)26-36-22-7-4-19(14-23(22)37-26)27(41)33-11-8-18-2-5-21(6-3-18)39(12-9-29)13-10-30/h2-7,14-15,17H,8-13,16H2,1H3,(H,33,41)(H,35,40)(H,36,37)(H4,31,32,34). The topological polar surface area (TPSA) is 159 Å². The van der Waals surface area contributed by atoms with Gasteiger partial charge in [0.15, 0.2) is 11.8 Å². The summed E-state index contributed by atoms with van der Waals surface area (Å²) in [7, 11) is 1.84. The first-order chi connectivity index (χ1) is 19.8. The van der Waals surface area contributed by atoms with Crippen LogP contribution in [0.2, 0.25) is 0 Å². The van der Waals surface area contributed by atoms with E-state index in [-0.39, 0.29) is 24.3 Å². The predicted octanol–water partition coefficient (Wildman–Crippen LogP) is 3.04. The molecule has 7 N–H and O–H groups in total. The maximum Gasteiger partial charge on any atom is 0.251 e. The van der Waals surface area contributed by atoms with Crippen LogP contribution in [0.1, 0.15) is 15.9 Å². The van der Waals surface area contributed by atoms with Gasteiger partial charge in [-0.15, -0.1) is 23.2 Å². The average Bonchev–Trinajstić information content (AvgIpc) is 3.54. The molecule has 0 atom stereocenters. The molecule has 0 aliphatic heterocycles. The van der Waals surface area contributed by atoms with Crippen LogP contribution < -0.4 is 27.0 Å². The minimum Gasteiger partial charge on any atom is -0.370 e.